The van der Waals surface area contributed by atoms with Crippen molar-refractivity contribution in [1.29, 1.82) is 0 Å². The molecule has 3 rings (SSSR count). The molecule has 0 aliphatic heterocycles. The van der Waals surface area contributed by atoms with Gasteiger partial charge in [-0.05, 0) is 41.5 Å². The highest BCUT2D eigenvalue weighted by Crippen LogP contribution is 2.44. The number of benzene rings is 2. The zero-order chi connectivity index (χ0) is 25.4. The lowest BCUT2D eigenvalue weighted by Crippen LogP contribution is -2.43. The Labute approximate surface area is 204 Å². The molecule has 0 bridgehead atoms. The highest BCUT2D eigenvalue weighted by Gasteiger charge is 2.31. The summed E-state index contributed by atoms with van der Waals surface area (Å²) in [6, 6.07) is 15.0. The van der Waals surface area contributed by atoms with E-state index < -0.39 is 18.1 Å². The quantitative estimate of drug-likeness (QED) is 0.424. The summed E-state index contributed by atoms with van der Waals surface area (Å²) in [6.07, 6.45) is 0.548. The van der Waals surface area contributed by atoms with Gasteiger partial charge in [0.15, 0.2) is 0 Å². The van der Waals surface area contributed by atoms with Crippen molar-refractivity contribution in [1.82, 2.24) is 15.5 Å². The Kier molecular flexibility index (Phi) is 8.83. The first-order valence-corrected chi connectivity index (χ1v) is 11.6. The van der Waals surface area contributed by atoms with E-state index >= 15 is 0 Å². The second-order valence-corrected chi connectivity index (χ2v) is 8.52. The Balaban J connectivity index is 1.50. The predicted molar refractivity (Wildman–Crippen MR) is 130 cm³/mol. The second kappa shape index (κ2) is 12.0. The number of likely N-dealkylation sites (N-methyl/N-ethyl adjacent to an activating group) is 1. The number of nitrogens with one attached hydrogen (secondary N) is 2. The summed E-state index contributed by atoms with van der Waals surface area (Å²) in [4.78, 5) is 48.1. The summed E-state index contributed by atoms with van der Waals surface area (Å²) in [5.41, 5.74) is 4.40. The third-order valence-corrected chi connectivity index (χ3v) is 6.10. The van der Waals surface area contributed by atoms with E-state index in [1.165, 1.54) is 14.0 Å². The fraction of sp³-hybridized carbons (Fsp3) is 0.385. The van der Waals surface area contributed by atoms with Crippen molar-refractivity contribution >= 4 is 23.9 Å². The minimum absolute atomic E-state index is 0.0996. The number of fused-ring (bicyclic) bond motifs is 3. The molecule has 3 N–H and O–H groups in total. The van der Waals surface area contributed by atoms with Gasteiger partial charge in [-0.15, -0.1) is 0 Å². The van der Waals surface area contributed by atoms with Crippen molar-refractivity contribution in [2.24, 2.45) is 0 Å². The molecule has 0 saturated carbocycles. The normalized spacial score (nSPS) is 12.7. The van der Waals surface area contributed by atoms with E-state index in [0.717, 1.165) is 27.2 Å². The number of aliphatic carboxylic acids is 1. The van der Waals surface area contributed by atoms with Crippen molar-refractivity contribution in [2.45, 2.75) is 38.1 Å². The molecule has 2 aromatic rings. The zero-order valence-electron chi connectivity index (χ0n) is 20.0. The molecular formula is C26H31N3O6. The average molecular weight is 482 g/mol. The second-order valence-electron chi connectivity index (χ2n) is 8.52. The molecule has 0 fully saturated rings. The smallest absolute Gasteiger partial charge is 0.410 e. The molecule has 0 radical (unpaired) electrons. The molecule has 0 aromatic heterocycles. The van der Waals surface area contributed by atoms with Crippen molar-refractivity contribution in [3.05, 3.63) is 59.7 Å². The van der Waals surface area contributed by atoms with E-state index in [1.54, 1.807) is 0 Å². The van der Waals surface area contributed by atoms with Crippen LogP contribution in [0.5, 0.6) is 0 Å². The van der Waals surface area contributed by atoms with Crippen LogP contribution < -0.4 is 10.6 Å². The molecule has 0 heterocycles. The van der Waals surface area contributed by atoms with Crippen molar-refractivity contribution in [3.8, 4) is 11.1 Å². The minimum atomic E-state index is -1.12. The van der Waals surface area contributed by atoms with Gasteiger partial charge in [0, 0.05) is 26.4 Å². The van der Waals surface area contributed by atoms with Gasteiger partial charge in [-0.25, -0.2) is 9.59 Å². The van der Waals surface area contributed by atoms with Crippen LogP contribution in [0.4, 0.5) is 4.79 Å². The molecule has 186 valence electrons. The van der Waals surface area contributed by atoms with Crippen LogP contribution >= 0.6 is 0 Å². The van der Waals surface area contributed by atoms with Gasteiger partial charge in [0.1, 0.15) is 12.6 Å². The summed E-state index contributed by atoms with van der Waals surface area (Å²) < 4.78 is 5.57. The number of amides is 3. The van der Waals surface area contributed by atoms with Gasteiger partial charge >= 0.3 is 12.1 Å². The van der Waals surface area contributed by atoms with E-state index in [4.69, 9.17) is 4.74 Å². The lowest BCUT2D eigenvalue weighted by atomic mass is 9.98. The van der Waals surface area contributed by atoms with Gasteiger partial charge in [0.25, 0.3) is 0 Å². The van der Waals surface area contributed by atoms with Crippen molar-refractivity contribution in [3.63, 3.8) is 0 Å². The molecule has 2 aromatic carbocycles. The first kappa shape index (κ1) is 25.7. The number of unbranched alkanes of at least 4 members (excludes halogenated alkanes) is 1. The molecule has 1 aliphatic carbocycles. The highest BCUT2D eigenvalue weighted by molar-refractivity contribution is 5.83. The number of carboxylic acids is 1. The standard InChI is InChI=1S/C26H31N3O6/c1-17(30)28-15-24(31)27-14-8-7-13-23(25(32)33)29(2)26(34)35-16-22-20-11-5-3-9-18(20)19-10-4-6-12-21(19)22/h3-6,9-12,22-23H,7-8,13-16H2,1-2H3,(H,27,31)(H,28,30)(H,32,33)/t23-/m0/s1. The first-order valence-electron chi connectivity index (χ1n) is 11.6. The molecular weight excluding hydrogens is 450 g/mol. The largest absolute Gasteiger partial charge is 0.480 e. The Morgan fingerprint density at radius 1 is 0.971 bits per heavy atom. The number of hydrogen-bond acceptors (Lipinski definition) is 5. The fourth-order valence-electron chi connectivity index (χ4n) is 4.26. The molecule has 9 nitrogen and oxygen atoms in total. The van der Waals surface area contributed by atoms with E-state index in [-0.39, 0.29) is 37.3 Å². The van der Waals surface area contributed by atoms with Gasteiger partial charge in [-0.1, -0.05) is 48.5 Å². The lowest BCUT2D eigenvalue weighted by Gasteiger charge is -2.25. The van der Waals surface area contributed by atoms with E-state index in [9.17, 15) is 24.3 Å². The fourth-order valence-corrected chi connectivity index (χ4v) is 4.26. The monoisotopic (exact) mass is 481 g/mol. The topological polar surface area (TPSA) is 125 Å². The maximum atomic E-state index is 12.7. The summed E-state index contributed by atoms with van der Waals surface area (Å²) in [7, 11) is 1.42. The van der Waals surface area contributed by atoms with Gasteiger partial charge < -0.3 is 20.5 Å². The third-order valence-electron chi connectivity index (χ3n) is 6.10. The molecule has 1 atom stereocenters. The molecule has 0 unspecified atom stereocenters. The van der Waals surface area contributed by atoms with Gasteiger partial charge in [0.2, 0.25) is 11.8 Å². The number of carboxylic acid groups (broad SMARTS) is 1. The molecule has 9 heteroatoms. The molecule has 0 spiro atoms. The number of hydrogen-bond donors (Lipinski definition) is 3. The average Bonchev–Trinajstić information content (AvgIpc) is 3.16. The predicted octanol–water partition coefficient (Wildman–Crippen LogP) is 2.74. The number of rotatable bonds is 11. The lowest BCUT2D eigenvalue weighted by molar-refractivity contribution is -0.142. The van der Waals surface area contributed by atoms with E-state index in [2.05, 4.69) is 10.6 Å². The Morgan fingerprint density at radius 3 is 2.14 bits per heavy atom. The summed E-state index contributed by atoms with van der Waals surface area (Å²) in [5, 5.41) is 14.7. The SMILES string of the molecule is CC(=O)NCC(=O)NCCCC[C@@H](C(=O)O)N(C)C(=O)OCC1c2ccccc2-c2ccccc21. The number of ether oxygens (including phenoxy) is 1. The van der Waals surface area contributed by atoms with Gasteiger partial charge in [-0.3, -0.25) is 14.5 Å². The third kappa shape index (κ3) is 6.59. The van der Waals surface area contributed by atoms with Crippen LogP contribution in [0.25, 0.3) is 11.1 Å². The molecule has 0 saturated heterocycles. The first-order chi connectivity index (χ1) is 16.8. The maximum Gasteiger partial charge on any atom is 0.410 e. The van der Waals surface area contributed by atoms with Crippen molar-refractivity contribution < 1.29 is 29.0 Å². The van der Waals surface area contributed by atoms with Crippen LogP contribution in [0, 0.1) is 0 Å². The van der Waals surface area contributed by atoms with Crippen LogP contribution in [-0.2, 0) is 19.1 Å². The maximum absolute atomic E-state index is 12.7. The molecule has 1 aliphatic rings. The minimum Gasteiger partial charge on any atom is -0.480 e. The highest BCUT2D eigenvalue weighted by atomic mass is 16.6. The summed E-state index contributed by atoms with van der Waals surface area (Å²) in [5.74, 6) is -1.83. The van der Waals surface area contributed by atoms with E-state index in [1.807, 2.05) is 48.5 Å². The Bertz CT molecular complexity index is 1040. The zero-order valence-corrected chi connectivity index (χ0v) is 20.0. The van der Waals surface area contributed by atoms with Crippen LogP contribution in [0.3, 0.4) is 0 Å². The van der Waals surface area contributed by atoms with Crippen molar-refractivity contribution in [2.75, 3.05) is 26.7 Å². The Morgan fingerprint density at radius 2 is 1.57 bits per heavy atom. The number of carbonyl (C=O) groups is 4. The van der Waals surface area contributed by atoms with Crippen LogP contribution in [0.15, 0.2) is 48.5 Å². The number of nitrogens with zero attached hydrogens (tertiary/aromatic N) is 1. The molecule has 35 heavy (non-hydrogen) atoms. The molecule has 3 amide bonds. The summed E-state index contributed by atoms with van der Waals surface area (Å²) in [6.45, 7) is 1.69. The van der Waals surface area contributed by atoms with Gasteiger partial charge in [0.05, 0.1) is 6.54 Å². The number of carbonyl (C=O) groups excluding carboxylic acids is 3. The van der Waals surface area contributed by atoms with Crippen LogP contribution in [0.1, 0.15) is 43.2 Å². The Hall–Kier alpha value is -3.88. The van der Waals surface area contributed by atoms with Crippen LogP contribution in [-0.4, -0.2) is 66.7 Å². The van der Waals surface area contributed by atoms with Gasteiger partial charge in [-0.2, -0.15) is 0 Å². The summed E-state index contributed by atoms with van der Waals surface area (Å²) >= 11 is 0. The van der Waals surface area contributed by atoms with Crippen LogP contribution in [0.2, 0.25) is 0 Å². The van der Waals surface area contributed by atoms with E-state index in [0.29, 0.717) is 19.4 Å².